The lowest BCUT2D eigenvalue weighted by Crippen LogP contribution is -2.40. The third kappa shape index (κ3) is 6.42. The number of carbonyl (C=O) groups is 2. The maximum absolute atomic E-state index is 15.2. The molecular formula is C31H31F3N6O3S. The Morgan fingerprint density at radius 3 is 2.57 bits per heavy atom. The van der Waals surface area contributed by atoms with Gasteiger partial charge in [0.15, 0.2) is 22.5 Å². The van der Waals surface area contributed by atoms with Crippen molar-refractivity contribution in [3.8, 4) is 5.75 Å². The van der Waals surface area contributed by atoms with Crippen molar-refractivity contribution in [3.63, 3.8) is 0 Å². The fourth-order valence-electron chi connectivity index (χ4n) is 5.82. The summed E-state index contributed by atoms with van der Waals surface area (Å²) in [5.74, 6) is -2.92. The number of hydrogen-bond acceptors (Lipinski definition) is 7. The molecular weight excluding hydrogens is 593 g/mol. The largest absolute Gasteiger partial charge is 0.484 e. The van der Waals surface area contributed by atoms with Crippen molar-refractivity contribution < 1.29 is 27.5 Å². The highest BCUT2D eigenvalue weighted by atomic mass is 32.1. The zero-order valence-electron chi connectivity index (χ0n) is 24.0. The second kappa shape index (κ2) is 12.7. The number of ether oxygens (including phenoxy) is 1. The third-order valence-electron chi connectivity index (χ3n) is 8.03. The molecule has 3 aromatic heterocycles. The first-order chi connectivity index (χ1) is 21.2. The number of rotatable bonds is 8. The summed E-state index contributed by atoms with van der Waals surface area (Å²) in [6, 6.07) is 8.78. The summed E-state index contributed by atoms with van der Waals surface area (Å²) >= 11 is 1.27. The summed E-state index contributed by atoms with van der Waals surface area (Å²) in [4.78, 5) is 36.5. The number of aromatic nitrogens is 3. The number of carbonyl (C=O) groups excluding carboxylic acids is 2. The number of nitrogens with one attached hydrogen (secondary N) is 1. The molecule has 1 atom stereocenters. The predicted octanol–water partition coefficient (Wildman–Crippen LogP) is 5.79. The molecule has 0 aliphatic carbocycles. The topological polar surface area (TPSA) is 92.6 Å². The summed E-state index contributed by atoms with van der Waals surface area (Å²) < 4.78 is 51.3. The highest BCUT2D eigenvalue weighted by Crippen LogP contribution is 2.39. The van der Waals surface area contributed by atoms with Crippen LogP contribution >= 0.6 is 11.3 Å². The number of benzene rings is 1. The zero-order chi connectivity index (χ0) is 30.8. The fourth-order valence-corrected chi connectivity index (χ4v) is 6.57. The van der Waals surface area contributed by atoms with Crippen LogP contribution in [-0.2, 0) is 11.3 Å². The van der Waals surface area contributed by atoms with E-state index in [1.165, 1.54) is 42.7 Å². The van der Waals surface area contributed by atoms with E-state index in [1.54, 1.807) is 33.9 Å². The minimum Gasteiger partial charge on any atom is -0.484 e. The lowest BCUT2D eigenvalue weighted by Gasteiger charge is -2.32. The average Bonchev–Trinajstić information content (AvgIpc) is 3.76. The standard InChI is InChI=1S/C31H31F3N6O3S/c1-19(41)38-12-7-22(8-13-38)43-29-23(32)15-21(16-24(29)33)40-11-3-4-26(40)25-18-44-31(36-25)37-30(42)27-5-2-10-39(27)17-20-6-9-35-28(34)14-20/h2,5-6,9-10,14-16,18,22,26H,3-4,7-8,11-13,17H2,1H3,(H,36,37,42)/t26-/m1/s1. The number of hydrogen-bond donors (Lipinski definition) is 1. The second-order valence-corrected chi connectivity index (χ2v) is 11.8. The van der Waals surface area contributed by atoms with E-state index in [0.29, 0.717) is 66.8 Å². The summed E-state index contributed by atoms with van der Waals surface area (Å²) in [6.45, 7) is 3.38. The number of pyridine rings is 1. The van der Waals surface area contributed by atoms with Gasteiger partial charge in [0.1, 0.15) is 11.8 Å². The summed E-state index contributed by atoms with van der Waals surface area (Å²) in [6.07, 6.45) is 5.31. The van der Waals surface area contributed by atoms with E-state index in [9.17, 15) is 14.0 Å². The molecule has 2 amide bonds. The molecule has 230 valence electrons. The monoisotopic (exact) mass is 624 g/mol. The van der Waals surface area contributed by atoms with Crippen LogP contribution < -0.4 is 15.0 Å². The van der Waals surface area contributed by atoms with Crippen molar-refractivity contribution in [3.05, 3.63) is 88.7 Å². The lowest BCUT2D eigenvalue weighted by atomic mass is 10.1. The molecule has 0 unspecified atom stereocenters. The number of anilines is 2. The molecule has 9 nitrogen and oxygen atoms in total. The van der Waals surface area contributed by atoms with Crippen LogP contribution in [0.1, 0.15) is 60.4 Å². The molecule has 2 saturated heterocycles. The molecule has 44 heavy (non-hydrogen) atoms. The van der Waals surface area contributed by atoms with Crippen molar-refractivity contribution >= 4 is 34.0 Å². The first kappa shape index (κ1) is 29.7. The van der Waals surface area contributed by atoms with E-state index in [2.05, 4.69) is 15.3 Å². The number of amides is 2. The number of thiazole rings is 1. The fraction of sp³-hybridized carbons (Fsp3) is 0.355. The van der Waals surface area contributed by atoms with Crippen LogP contribution in [0.3, 0.4) is 0 Å². The van der Waals surface area contributed by atoms with Crippen LogP contribution in [0.15, 0.2) is 54.2 Å². The molecule has 2 fully saturated rings. The van der Waals surface area contributed by atoms with E-state index in [4.69, 9.17) is 4.74 Å². The Bertz CT molecular complexity index is 1650. The number of likely N-dealkylation sites (tertiary alicyclic amines) is 1. The van der Waals surface area contributed by atoms with Gasteiger partial charge in [-0.25, -0.2) is 18.7 Å². The van der Waals surface area contributed by atoms with E-state index < -0.39 is 23.3 Å². The van der Waals surface area contributed by atoms with Crippen LogP contribution in [-0.4, -0.2) is 57.0 Å². The van der Waals surface area contributed by atoms with Crippen LogP contribution in [0.25, 0.3) is 0 Å². The maximum Gasteiger partial charge on any atom is 0.274 e. The maximum atomic E-state index is 15.2. The summed E-state index contributed by atoms with van der Waals surface area (Å²) in [7, 11) is 0. The lowest BCUT2D eigenvalue weighted by molar-refractivity contribution is -0.130. The predicted molar refractivity (Wildman–Crippen MR) is 159 cm³/mol. The molecule has 2 aliphatic rings. The molecule has 4 aromatic rings. The summed E-state index contributed by atoms with van der Waals surface area (Å²) in [5.41, 5.74) is 2.15. The van der Waals surface area contributed by atoms with Crippen molar-refractivity contribution in [2.45, 2.75) is 51.3 Å². The molecule has 0 saturated carbocycles. The van der Waals surface area contributed by atoms with Gasteiger partial charge in [0, 0.05) is 81.5 Å². The van der Waals surface area contributed by atoms with Crippen molar-refractivity contribution in [2.75, 3.05) is 29.9 Å². The van der Waals surface area contributed by atoms with Crippen molar-refractivity contribution in [2.24, 2.45) is 0 Å². The van der Waals surface area contributed by atoms with Gasteiger partial charge in [-0.05, 0) is 42.7 Å². The minimum atomic E-state index is -0.775. The molecule has 6 rings (SSSR count). The van der Waals surface area contributed by atoms with Crippen LogP contribution in [0.5, 0.6) is 5.75 Å². The Kier molecular flexibility index (Phi) is 8.56. The molecule has 0 bridgehead atoms. The Labute approximate surface area is 256 Å². The van der Waals surface area contributed by atoms with Gasteiger partial charge >= 0.3 is 0 Å². The highest BCUT2D eigenvalue weighted by molar-refractivity contribution is 7.14. The van der Waals surface area contributed by atoms with Gasteiger partial charge in [0.05, 0.1) is 11.7 Å². The van der Waals surface area contributed by atoms with Gasteiger partial charge in [-0.3, -0.25) is 14.9 Å². The first-order valence-electron chi connectivity index (χ1n) is 14.5. The zero-order valence-corrected chi connectivity index (χ0v) is 24.8. The van der Waals surface area contributed by atoms with Crippen molar-refractivity contribution in [1.82, 2.24) is 19.4 Å². The molecule has 1 aromatic carbocycles. The Morgan fingerprint density at radius 2 is 1.84 bits per heavy atom. The van der Waals surface area contributed by atoms with Crippen LogP contribution in [0.4, 0.5) is 24.0 Å². The van der Waals surface area contributed by atoms with Crippen molar-refractivity contribution in [1.29, 1.82) is 0 Å². The van der Waals surface area contributed by atoms with Crippen LogP contribution in [0.2, 0.25) is 0 Å². The van der Waals surface area contributed by atoms with E-state index in [-0.39, 0.29) is 24.0 Å². The van der Waals surface area contributed by atoms with E-state index in [1.807, 2.05) is 10.3 Å². The Hall–Kier alpha value is -4.39. The van der Waals surface area contributed by atoms with Gasteiger partial charge in [0.25, 0.3) is 5.91 Å². The minimum absolute atomic E-state index is 0.0223. The highest BCUT2D eigenvalue weighted by Gasteiger charge is 2.31. The van der Waals surface area contributed by atoms with Gasteiger partial charge in [-0.1, -0.05) is 0 Å². The first-order valence-corrected chi connectivity index (χ1v) is 15.3. The molecule has 0 spiro atoms. The smallest absolute Gasteiger partial charge is 0.274 e. The van der Waals surface area contributed by atoms with Gasteiger partial charge in [-0.15, -0.1) is 11.3 Å². The number of halogens is 3. The Morgan fingerprint density at radius 1 is 1.07 bits per heavy atom. The normalized spacial score (nSPS) is 17.2. The van der Waals surface area contributed by atoms with E-state index >= 15 is 8.78 Å². The summed E-state index contributed by atoms with van der Waals surface area (Å²) in [5, 5.41) is 5.08. The van der Waals surface area contributed by atoms with Crippen LogP contribution in [0, 0.1) is 17.6 Å². The SMILES string of the molecule is CC(=O)N1CCC(Oc2c(F)cc(N3CCC[C@@H]3c3csc(NC(=O)c4cccn4Cc4ccnc(F)c4)n3)cc2F)CC1. The number of nitrogens with zero attached hydrogens (tertiary/aromatic N) is 5. The number of piperidine rings is 1. The molecule has 5 heterocycles. The molecule has 13 heteroatoms. The third-order valence-corrected chi connectivity index (χ3v) is 8.81. The second-order valence-electron chi connectivity index (χ2n) is 11.0. The van der Waals surface area contributed by atoms with Gasteiger partial charge in [0.2, 0.25) is 11.9 Å². The van der Waals surface area contributed by atoms with Gasteiger partial charge in [-0.2, -0.15) is 4.39 Å². The quantitative estimate of drug-likeness (QED) is 0.250. The Balaban J connectivity index is 1.12. The average molecular weight is 625 g/mol. The molecule has 0 radical (unpaired) electrons. The van der Waals surface area contributed by atoms with Gasteiger partial charge < -0.3 is 19.1 Å². The molecule has 1 N–H and O–H groups in total. The van der Waals surface area contributed by atoms with E-state index in [0.717, 1.165) is 12.8 Å². The molecule has 2 aliphatic heterocycles.